The molecule has 0 aromatic carbocycles. The van der Waals surface area contributed by atoms with Crippen LogP contribution in [-0.4, -0.2) is 28.3 Å². The van der Waals surface area contributed by atoms with Crippen molar-refractivity contribution in [3.05, 3.63) is 20.8 Å². The molecule has 0 bridgehead atoms. The number of carbonyl (C=O) groups is 2. The molecule has 1 aliphatic carbocycles. The molecule has 1 aromatic rings. The Balaban J connectivity index is 1.86. The Hall–Kier alpha value is -0.880. The number of amides is 2. The maximum atomic E-state index is 13.0. The summed E-state index contributed by atoms with van der Waals surface area (Å²) in [5, 5.41) is 3.02. The fourth-order valence-corrected chi connectivity index (χ4v) is 4.78. The SMILES string of the molecule is CC1C(=O)NC2(CCCCC2)C(=O)N1Cc1ccc(Br)s1. The molecule has 1 saturated heterocycles. The molecule has 1 N–H and O–H groups in total. The van der Waals surface area contributed by atoms with Gasteiger partial charge in [0.15, 0.2) is 0 Å². The number of nitrogens with zero attached hydrogens (tertiary/aromatic N) is 1. The Morgan fingerprint density at radius 2 is 2.05 bits per heavy atom. The average Bonchev–Trinajstić information content (AvgIpc) is 2.88. The van der Waals surface area contributed by atoms with E-state index in [0.717, 1.165) is 40.8 Å². The van der Waals surface area contributed by atoms with Crippen molar-refractivity contribution in [3.8, 4) is 0 Å². The molecule has 0 radical (unpaired) electrons. The van der Waals surface area contributed by atoms with E-state index in [9.17, 15) is 9.59 Å². The van der Waals surface area contributed by atoms with Crippen LogP contribution in [0.5, 0.6) is 0 Å². The lowest BCUT2D eigenvalue weighted by Crippen LogP contribution is -2.69. The van der Waals surface area contributed by atoms with E-state index in [2.05, 4.69) is 21.2 Å². The van der Waals surface area contributed by atoms with E-state index in [1.165, 1.54) is 0 Å². The number of piperazine rings is 1. The molecular formula is C15H19BrN2O2S. The first kappa shape index (κ1) is 15.0. The lowest BCUT2D eigenvalue weighted by atomic mass is 9.78. The summed E-state index contributed by atoms with van der Waals surface area (Å²) < 4.78 is 1.05. The first-order valence-corrected chi connectivity index (χ1v) is 9.00. The minimum Gasteiger partial charge on any atom is -0.340 e. The molecule has 2 heterocycles. The van der Waals surface area contributed by atoms with Gasteiger partial charge in [0, 0.05) is 4.88 Å². The van der Waals surface area contributed by atoms with E-state index in [4.69, 9.17) is 0 Å². The van der Waals surface area contributed by atoms with Crippen molar-refractivity contribution in [2.75, 3.05) is 0 Å². The first-order valence-electron chi connectivity index (χ1n) is 7.39. The summed E-state index contributed by atoms with van der Waals surface area (Å²) in [6.45, 7) is 2.33. The van der Waals surface area contributed by atoms with Crippen molar-refractivity contribution in [1.29, 1.82) is 0 Å². The summed E-state index contributed by atoms with van der Waals surface area (Å²) in [6.07, 6.45) is 4.72. The first-order chi connectivity index (χ1) is 10.0. The molecule has 2 aliphatic rings. The highest BCUT2D eigenvalue weighted by Gasteiger charge is 2.49. The lowest BCUT2D eigenvalue weighted by Gasteiger charge is -2.46. The Morgan fingerprint density at radius 1 is 1.33 bits per heavy atom. The zero-order valence-electron chi connectivity index (χ0n) is 12.0. The van der Waals surface area contributed by atoms with E-state index in [1.807, 2.05) is 19.1 Å². The minimum atomic E-state index is -0.643. The fourth-order valence-electron chi connectivity index (χ4n) is 3.29. The van der Waals surface area contributed by atoms with Gasteiger partial charge in [-0.25, -0.2) is 0 Å². The molecule has 2 amide bonds. The largest absolute Gasteiger partial charge is 0.340 e. The summed E-state index contributed by atoms with van der Waals surface area (Å²) in [5.74, 6) is 0.0749. The summed E-state index contributed by atoms with van der Waals surface area (Å²) in [6, 6.07) is 3.59. The van der Waals surface area contributed by atoms with Crippen molar-refractivity contribution in [3.63, 3.8) is 0 Å². The van der Waals surface area contributed by atoms with Gasteiger partial charge in [-0.2, -0.15) is 0 Å². The molecule has 3 rings (SSSR count). The van der Waals surface area contributed by atoms with E-state index in [-0.39, 0.29) is 11.8 Å². The standard InChI is InChI=1S/C15H19BrN2O2S/c1-10-13(19)17-15(7-3-2-4-8-15)14(20)18(10)9-11-5-6-12(16)21-11/h5-6,10H,2-4,7-9H2,1H3,(H,17,19). The van der Waals surface area contributed by atoms with Gasteiger partial charge in [0.2, 0.25) is 11.8 Å². The van der Waals surface area contributed by atoms with Crippen molar-refractivity contribution < 1.29 is 9.59 Å². The van der Waals surface area contributed by atoms with Crippen LogP contribution in [0.4, 0.5) is 0 Å². The number of hydrogen-bond acceptors (Lipinski definition) is 3. The highest BCUT2D eigenvalue weighted by atomic mass is 79.9. The highest BCUT2D eigenvalue weighted by molar-refractivity contribution is 9.11. The molecule has 6 heteroatoms. The van der Waals surface area contributed by atoms with Gasteiger partial charge < -0.3 is 10.2 Å². The molecule has 114 valence electrons. The number of thiophene rings is 1. The summed E-state index contributed by atoms with van der Waals surface area (Å²) in [7, 11) is 0. The second kappa shape index (κ2) is 5.72. The number of hydrogen-bond donors (Lipinski definition) is 1. The smallest absolute Gasteiger partial charge is 0.249 e. The van der Waals surface area contributed by atoms with Crippen molar-refractivity contribution in [1.82, 2.24) is 10.2 Å². The van der Waals surface area contributed by atoms with Crippen LogP contribution in [0, 0.1) is 0 Å². The second-order valence-electron chi connectivity index (χ2n) is 5.95. The zero-order chi connectivity index (χ0) is 15.0. The molecule has 1 spiro atoms. The molecule has 21 heavy (non-hydrogen) atoms. The van der Waals surface area contributed by atoms with Crippen molar-refractivity contribution >= 4 is 39.1 Å². The molecular weight excluding hydrogens is 352 g/mol. The van der Waals surface area contributed by atoms with E-state index in [0.29, 0.717) is 6.54 Å². The lowest BCUT2D eigenvalue weighted by molar-refractivity contribution is -0.156. The maximum Gasteiger partial charge on any atom is 0.249 e. The van der Waals surface area contributed by atoms with Crippen LogP contribution >= 0.6 is 27.3 Å². The molecule has 1 aliphatic heterocycles. The van der Waals surface area contributed by atoms with Crippen LogP contribution in [0.25, 0.3) is 0 Å². The van der Waals surface area contributed by atoms with Gasteiger partial charge >= 0.3 is 0 Å². The molecule has 1 aromatic heterocycles. The highest BCUT2D eigenvalue weighted by Crippen LogP contribution is 2.34. The van der Waals surface area contributed by atoms with Crippen LogP contribution in [0.3, 0.4) is 0 Å². The maximum absolute atomic E-state index is 13.0. The minimum absolute atomic E-state index is 0.0212. The van der Waals surface area contributed by atoms with Gasteiger partial charge in [-0.3, -0.25) is 9.59 Å². The van der Waals surface area contributed by atoms with Crippen LogP contribution < -0.4 is 5.32 Å². The van der Waals surface area contributed by atoms with Crippen LogP contribution in [0.2, 0.25) is 0 Å². The van der Waals surface area contributed by atoms with E-state index >= 15 is 0 Å². The van der Waals surface area contributed by atoms with Gasteiger partial charge in [-0.05, 0) is 47.8 Å². The summed E-state index contributed by atoms with van der Waals surface area (Å²) in [4.78, 5) is 28.1. The molecule has 1 atom stereocenters. The summed E-state index contributed by atoms with van der Waals surface area (Å²) in [5.41, 5.74) is -0.643. The second-order valence-corrected chi connectivity index (χ2v) is 8.49. The van der Waals surface area contributed by atoms with Gasteiger partial charge in [0.25, 0.3) is 0 Å². The summed E-state index contributed by atoms with van der Waals surface area (Å²) >= 11 is 5.06. The third kappa shape index (κ3) is 2.75. The van der Waals surface area contributed by atoms with Gasteiger partial charge in [0.05, 0.1) is 10.3 Å². The number of carbonyl (C=O) groups excluding carboxylic acids is 2. The van der Waals surface area contributed by atoms with E-state index in [1.54, 1.807) is 16.2 Å². The van der Waals surface area contributed by atoms with Gasteiger partial charge in [-0.15, -0.1) is 11.3 Å². The van der Waals surface area contributed by atoms with Crippen LogP contribution in [-0.2, 0) is 16.1 Å². The van der Waals surface area contributed by atoms with Crippen molar-refractivity contribution in [2.45, 2.75) is 57.2 Å². The van der Waals surface area contributed by atoms with Gasteiger partial charge in [-0.1, -0.05) is 19.3 Å². The number of halogens is 1. The monoisotopic (exact) mass is 370 g/mol. The predicted octanol–water partition coefficient (Wildman–Crippen LogP) is 3.06. The topological polar surface area (TPSA) is 49.4 Å². The third-order valence-corrected chi connectivity index (χ3v) is 6.15. The quantitative estimate of drug-likeness (QED) is 0.869. The van der Waals surface area contributed by atoms with Gasteiger partial charge in [0.1, 0.15) is 11.6 Å². The number of nitrogens with one attached hydrogen (secondary N) is 1. The molecule has 4 nitrogen and oxygen atoms in total. The predicted molar refractivity (Wildman–Crippen MR) is 86.0 cm³/mol. The Kier molecular flexibility index (Phi) is 4.10. The Morgan fingerprint density at radius 3 is 2.67 bits per heavy atom. The number of rotatable bonds is 2. The average molecular weight is 371 g/mol. The third-order valence-electron chi connectivity index (χ3n) is 4.54. The Bertz CT molecular complexity index is 566. The van der Waals surface area contributed by atoms with Crippen LogP contribution in [0.15, 0.2) is 15.9 Å². The van der Waals surface area contributed by atoms with E-state index < -0.39 is 11.6 Å². The fraction of sp³-hybridized carbons (Fsp3) is 0.600. The zero-order valence-corrected chi connectivity index (χ0v) is 14.4. The Labute approximate surface area is 137 Å². The molecule has 1 unspecified atom stereocenters. The van der Waals surface area contributed by atoms with Crippen LogP contribution in [0.1, 0.15) is 43.9 Å². The molecule has 2 fully saturated rings. The van der Waals surface area contributed by atoms with Crippen molar-refractivity contribution in [2.24, 2.45) is 0 Å². The normalized spacial score (nSPS) is 25.2. The molecule has 1 saturated carbocycles.